The fourth-order valence-corrected chi connectivity index (χ4v) is 2.33. The van der Waals surface area contributed by atoms with Crippen molar-refractivity contribution in [3.63, 3.8) is 0 Å². The summed E-state index contributed by atoms with van der Waals surface area (Å²) in [7, 11) is 0. The van der Waals surface area contributed by atoms with Crippen molar-refractivity contribution in [1.29, 1.82) is 0 Å². The minimum Gasteiger partial charge on any atom is -0.461 e. The predicted molar refractivity (Wildman–Crippen MR) is 79.6 cm³/mol. The molecular formula is C17H18O4. The molecule has 0 heterocycles. The molecule has 0 spiro atoms. The van der Waals surface area contributed by atoms with Crippen molar-refractivity contribution in [3.05, 3.63) is 47.0 Å². The molecule has 21 heavy (non-hydrogen) atoms. The van der Waals surface area contributed by atoms with Gasteiger partial charge in [0.05, 0.1) is 0 Å². The van der Waals surface area contributed by atoms with Crippen molar-refractivity contribution >= 4 is 22.7 Å². The second-order valence-corrected chi connectivity index (χ2v) is 4.93. The number of fused-ring (bicyclic) bond motifs is 1. The maximum atomic E-state index is 11.1. The molecule has 110 valence electrons. The number of ether oxygens (including phenoxy) is 2. The third-order valence-electron chi connectivity index (χ3n) is 3.34. The van der Waals surface area contributed by atoms with Gasteiger partial charge in [0.1, 0.15) is 13.2 Å². The van der Waals surface area contributed by atoms with Crippen LogP contribution in [0.25, 0.3) is 10.8 Å². The number of rotatable bonds is 4. The molecule has 0 aliphatic rings. The monoisotopic (exact) mass is 286 g/mol. The van der Waals surface area contributed by atoms with Crippen molar-refractivity contribution in [3.8, 4) is 0 Å². The minimum absolute atomic E-state index is 0.175. The van der Waals surface area contributed by atoms with Crippen molar-refractivity contribution in [2.75, 3.05) is 0 Å². The summed E-state index contributed by atoms with van der Waals surface area (Å²) in [5.74, 6) is -0.667. The Morgan fingerprint density at radius 2 is 1.52 bits per heavy atom. The molecular weight excluding hydrogens is 268 g/mol. The summed E-state index contributed by atoms with van der Waals surface area (Å²) in [6.07, 6.45) is 0. The molecule has 0 atom stereocenters. The van der Waals surface area contributed by atoms with E-state index in [0.29, 0.717) is 0 Å². The normalized spacial score (nSPS) is 10.4. The van der Waals surface area contributed by atoms with Crippen LogP contribution in [0.2, 0.25) is 0 Å². The highest BCUT2D eigenvalue weighted by molar-refractivity contribution is 5.88. The van der Waals surface area contributed by atoms with Crippen LogP contribution in [-0.4, -0.2) is 11.9 Å². The van der Waals surface area contributed by atoms with Gasteiger partial charge in [0.15, 0.2) is 0 Å². The van der Waals surface area contributed by atoms with Crippen LogP contribution in [0.5, 0.6) is 0 Å². The van der Waals surface area contributed by atoms with Gasteiger partial charge in [0.25, 0.3) is 0 Å². The van der Waals surface area contributed by atoms with E-state index in [1.54, 1.807) is 0 Å². The molecule has 0 fully saturated rings. The van der Waals surface area contributed by atoms with Gasteiger partial charge in [-0.05, 0) is 28.8 Å². The van der Waals surface area contributed by atoms with Crippen molar-refractivity contribution in [1.82, 2.24) is 0 Å². The number of carbonyl (C=O) groups is 2. The van der Waals surface area contributed by atoms with Gasteiger partial charge in [0, 0.05) is 19.4 Å². The molecule has 0 aromatic heterocycles. The van der Waals surface area contributed by atoms with Crippen LogP contribution < -0.4 is 0 Å². The Bertz CT molecular complexity index is 688. The van der Waals surface area contributed by atoms with Crippen LogP contribution >= 0.6 is 0 Å². The van der Waals surface area contributed by atoms with Gasteiger partial charge in [-0.15, -0.1) is 0 Å². The predicted octanol–water partition coefficient (Wildman–Crippen LogP) is 3.27. The van der Waals surface area contributed by atoms with E-state index in [0.717, 1.165) is 27.5 Å². The van der Waals surface area contributed by atoms with Crippen LogP contribution in [0, 0.1) is 6.92 Å². The van der Waals surface area contributed by atoms with Crippen LogP contribution in [0.15, 0.2) is 30.3 Å². The number of hydrogen-bond donors (Lipinski definition) is 0. The van der Waals surface area contributed by atoms with Gasteiger partial charge in [-0.3, -0.25) is 9.59 Å². The smallest absolute Gasteiger partial charge is 0.302 e. The summed E-state index contributed by atoms with van der Waals surface area (Å²) in [5.41, 5.74) is 2.80. The highest BCUT2D eigenvalue weighted by atomic mass is 16.5. The summed E-state index contributed by atoms with van der Waals surface area (Å²) in [4.78, 5) is 22.2. The maximum absolute atomic E-state index is 11.1. The van der Waals surface area contributed by atoms with Gasteiger partial charge in [0.2, 0.25) is 0 Å². The van der Waals surface area contributed by atoms with Crippen molar-refractivity contribution in [2.45, 2.75) is 34.0 Å². The molecule has 0 aliphatic heterocycles. The van der Waals surface area contributed by atoms with Gasteiger partial charge >= 0.3 is 11.9 Å². The molecule has 2 aromatic rings. The van der Waals surface area contributed by atoms with E-state index in [1.165, 1.54) is 13.8 Å². The zero-order valence-electron chi connectivity index (χ0n) is 12.4. The van der Waals surface area contributed by atoms with Gasteiger partial charge in [-0.25, -0.2) is 0 Å². The number of carbonyl (C=O) groups excluding carboxylic acids is 2. The average molecular weight is 286 g/mol. The molecule has 4 heteroatoms. The fourth-order valence-electron chi connectivity index (χ4n) is 2.33. The van der Waals surface area contributed by atoms with E-state index in [2.05, 4.69) is 0 Å². The van der Waals surface area contributed by atoms with Gasteiger partial charge < -0.3 is 9.47 Å². The third kappa shape index (κ3) is 3.60. The lowest BCUT2D eigenvalue weighted by Crippen LogP contribution is -2.08. The Labute approximate surface area is 123 Å². The van der Waals surface area contributed by atoms with E-state index in [1.807, 2.05) is 37.3 Å². The quantitative estimate of drug-likeness (QED) is 0.809. The summed E-state index contributed by atoms with van der Waals surface area (Å²) in [5, 5.41) is 2.08. The number of benzene rings is 2. The molecule has 0 unspecified atom stereocenters. The molecule has 0 radical (unpaired) electrons. The molecule has 0 saturated heterocycles. The first-order valence-corrected chi connectivity index (χ1v) is 6.76. The molecule has 4 nitrogen and oxygen atoms in total. The molecule has 2 aromatic carbocycles. The number of hydrogen-bond acceptors (Lipinski definition) is 4. The second-order valence-electron chi connectivity index (χ2n) is 4.93. The standard InChI is InChI=1S/C17H18O4/c1-11-8-14-6-4-5-7-15(14)17(10-21-13(3)19)16(11)9-20-12(2)18/h4-8H,9-10H2,1-3H3. The zero-order valence-corrected chi connectivity index (χ0v) is 12.4. The van der Waals surface area contributed by atoms with E-state index >= 15 is 0 Å². The molecule has 0 saturated carbocycles. The maximum Gasteiger partial charge on any atom is 0.302 e. The zero-order chi connectivity index (χ0) is 15.4. The molecule has 0 N–H and O–H groups in total. The second kappa shape index (κ2) is 6.39. The van der Waals surface area contributed by atoms with Crippen LogP contribution in [0.3, 0.4) is 0 Å². The topological polar surface area (TPSA) is 52.6 Å². The number of esters is 2. The minimum atomic E-state index is -0.334. The first-order chi connectivity index (χ1) is 9.99. The van der Waals surface area contributed by atoms with E-state index in [4.69, 9.17) is 9.47 Å². The lowest BCUT2D eigenvalue weighted by Gasteiger charge is -2.16. The highest BCUT2D eigenvalue weighted by Gasteiger charge is 2.13. The van der Waals surface area contributed by atoms with E-state index in [-0.39, 0.29) is 25.2 Å². The molecule has 0 aliphatic carbocycles. The van der Waals surface area contributed by atoms with Crippen LogP contribution in [0.4, 0.5) is 0 Å². The largest absolute Gasteiger partial charge is 0.461 e. The summed E-state index contributed by atoms with van der Waals surface area (Å²) in [6, 6.07) is 9.93. The Kier molecular flexibility index (Phi) is 4.58. The number of aryl methyl sites for hydroxylation is 1. The van der Waals surface area contributed by atoms with Gasteiger partial charge in [-0.1, -0.05) is 30.3 Å². The Morgan fingerprint density at radius 3 is 2.14 bits per heavy atom. The molecule has 2 rings (SSSR count). The molecule has 0 bridgehead atoms. The Morgan fingerprint density at radius 1 is 0.952 bits per heavy atom. The molecule has 0 amide bonds. The first-order valence-electron chi connectivity index (χ1n) is 6.76. The van der Waals surface area contributed by atoms with E-state index in [9.17, 15) is 9.59 Å². The summed E-state index contributed by atoms with van der Waals surface area (Å²) < 4.78 is 10.3. The Balaban J connectivity index is 2.51. The van der Waals surface area contributed by atoms with Crippen molar-refractivity contribution in [2.24, 2.45) is 0 Å². The Hall–Kier alpha value is -2.36. The fraction of sp³-hybridized carbons (Fsp3) is 0.294. The lowest BCUT2D eigenvalue weighted by atomic mass is 9.95. The summed E-state index contributed by atoms with van der Waals surface area (Å²) in [6.45, 7) is 5.07. The third-order valence-corrected chi connectivity index (χ3v) is 3.34. The van der Waals surface area contributed by atoms with Crippen LogP contribution in [-0.2, 0) is 32.3 Å². The van der Waals surface area contributed by atoms with Gasteiger partial charge in [-0.2, -0.15) is 0 Å². The summed E-state index contributed by atoms with van der Waals surface area (Å²) >= 11 is 0. The SMILES string of the molecule is CC(=O)OCc1c(C)cc2ccccc2c1COC(C)=O. The van der Waals surface area contributed by atoms with Crippen LogP contribution in [0.1, 0.15) is 30.5 Å². The first kappa shape index (κ1) is 15.0. The average Bonchev–Trinajstić information content (AvgIpc) is 2.42. The highest BCUT2D eigenvalue weighted by Crippen LogP contribution is 2.27. The van der Waals surface area contributed by atoms with Crippen molar-refractivity contribution < 1.29 is 19.1 Å². The lowest BCUT2D eigenvalue weighted by molar-refractivity contribution is -0.143. The van der Waals surface area contributed by atoms with E-state index < -0.39 is 0 Å².